The third-order valence-electron chi connectivity index (χ3n) is 6.18. The van der Waals surface area contributed by atoms with Crippen LogP contribution in [0.5, 0.6) is 11.6 Å². The number of hydrogen-bond donors (Lipinski definition) is 1. The molecule has 0 radical (unpaired) electrons. The van der Waals surface area contributed by atoms with E-state index < -0.39 is 50.0 Å². The summed E-state index contributed by atoms with van der Waals surface area (Å²) in [6.45, 7) is 4.36. The van der Waals surface area contributed by atoms with Crippen LogP contribution in [0.3, 0.4) is 0 Å². The third-order valence-corrected chi connectivity index (χ3v) is 7.29. The first-order valence-corrected chi connectivity index (χ1v) is 13.2. The molecular weight excluding hydrogens is 523 g/mol. The van der Waals surface area contributed by atoms with Crippen molar-refractivity contribution >= 4 is 21.4 Å². The first-order valence-electron chi connectivity index (χ1n) is 11.3. The van der Waals surface area contributed by atoms with Crippen LogP contribution in [0.4, 0.5) is 18.9 Å². The number of pyridine rings is 1. The number of hydrogen-bond acceptors (Lipinski definition) is 8. The number of carbonyl (C=O) groups excluding carboxylic acids is 1. The van der Waals surface area contributed by atoms with E-state index in [1.54, 1.807) is 19.9 Å². The summed E-state index contributed by atoms with van der Waals surface area (Å²) in [4.78, 5) is 17.6. The molecule has 0 unspecified atom stereocenters. The Labute approximate surface area is 216 Å². The zero-order chi connectivity index (χ0) is 28.0. The summed E-state index contributed by atoms with van der Waals surface area (Å²) in [6, 6.07) is 9.20. The van der Waals surface area contributed by atoms with Gasteiger partial charge in [0.15, 0.2) is 21.3 Å². The van der Waals surface area contributed by atoms with Gasteiger partial charge in [0.1, 0.15) is 5.56 Å². The molecule has 1 N–H and O–H groups in total. The smallest absolute Gasteiger partial charge is 0.435 e. The van der Waals surface area contributed by atoms with Crippen molar-refractivity contribution in [3.8, 4) is 17.7 Å². The number of nitrogens with zero attached hydrogens (tertiary/aromatic N) is 4. The predicted molar refractivity (Wildman–Crippen MR) is 130 cm³/mol. The molecule has 0 spiro atoms. The van der Waals surface area contributed by atoms with Crippen molar-refractivity contribution in [2.45, 2.75) is 50.1 Å². The Morgan fingerprint density at radius 2 is 1.84 bits per heavy atom. The Hall–Kier alpha value is -4.05. The molecule has 0 aliphatic heterocycles. The van der Waals surface area contributed by atoms with Gasteiger partial charge in [-0.15, -0.1) is 10.2 Å². The molecule has 13 heteroatoms. The van der Waals surface area contributed by atoms with Gasteiger partial charge in [0.05, 0.1) is 27.8 Å². The molecule has 0 bridgehead atoms. The molecule has 1 saturated carbocycles. The number of amides is 1. The number of nitrogens with one attached hydrogen (secondary N) is 1. The first-order chi connectivity index (χ1) is 17.7. The standard InChI is InChI=1S/C25H22F3N5O4S/c1-13-10-18(24(12-29)8-9-24)30-15(3)20(13)37-23-19(14(2)21(32-33-23)25(26,27)28)22(34)31-16-6-5-7-17(11-16)38(4,35)36/h5-7,10-11H,8-9H2,1-4H3,(H,31,34). The van der Waals surface area contributed by atoms with Crippen molar-refractivity contribution in [1.82, 2.24) is 15.2 Å². The van der Waals surface area contributed by atoms with Gasteiger partial charge in [-0.2, -0.15) is 18.4 Å². The van der Waals surface area contributed by atoms with Gasteiger partial charge in [-0.3, -0.25) is 9.78 Å². The lowest BCUT2D eigenvalue weighted by molar-refractivity contribution is -0.142. The van der Waals surface area contributed by atoms with E-state index in [4.69, 9.17) is 4.74 Å². The average Bonchev–Trinajstić information content (AvgIpc) is 3.61. The van der Waals surface area contributed by atoms with E-state index in [0.717, 1.165) is 13.2 Å². The predicted octanol–water partition coefficient (Wildman–Crippen LogP) is 4.82. The van der Waals surface area contributed by atoms with E-state index >= 15 is 0 Å². The third kappa shape index (κ3) is 5.17. The number of anilines is 1. The molecule has 38 heavy (non-hydrogen) atoms. The molecule has 1 aromatic carbocycles. The number of carbonyl (C=O) groups is 1. The number of rotatable bonds is 6. The van der Waals surface area contributed by atoms with E-state index in [1.165, 1.54) is 24.3 Å². The number of sulfone groups is 1. The van der Waals surface area contributed by atoms with Crippen LogP contribution in [0.25, 0.3) is 0 Å². The number of aryl methyl sites for hydroxylation is 2. The van der Waals surface area contributed by atoms with Crippen molar-refractivity contribution < 1.29 is 31.1 Å². The summed E-state index contributed by atoms with van der Waals surface area (Å²) in [5.41, 5.74) is -1.58. The second kappa shape index (κ2) is 9.36. The Morgan fingerprint density at radius 1 is 1.16 bits per heavy atom. The second-order valence-electron chi connectivity index (χ2n) is 9.14. The van der Waals surface area contributed by atoms with Gasteiger partial charge in [-0.05, 0) is 69.0 Å². The van der Waals surface area contributed by atoms with Crippen LogP contribution in [0.1, 0.15) is 51.4 Å². The van der Waals surface area contributed by atoms with Gasteiger partial charge >= 0.3 is 6.18 Å². The first kappa shape index (κ1) is 27.0. The second-order valence-corrected chi connectivity index (χ2v) is 11.2. The molecule has 9 nitrogen and oxygen atoms in total. The van der Waals surface area contributed by atoms with Gasteiger partial charge in [-0.25, -0.2) is 8.42 Å². The van der Waals surface area contributed by atoms with E-state index in [0.29, 0.717) is 29.8 Å². The molecule has 0 saturated heterocycles. The SMILES string of the molecule is Cc1cc(C2(C#N)CC2)nc(C)c1Oc1nnc(C(F)(F)F)c(C)c1C(=O)Nc1cccc(S(C)(=O)=O)c1. The number of alkyl halides is 3. The van der Waals surface area contributed by atoms with Crippen LogP contribution in [-0.4, -0.2) is 35.8 Å². The van der Waals surface area contributed by atoms with Gasteiger partial charge in [-0.1, -0.05) is 6.07 Å². The highest BCUT2D eigenvalue weighted by molar-refractivity contribution is 7.90. The van der Waals surface area contributed by atoms with Crippen molar-refractivity contribution in [1.29, 1.82) is 5.26 Å². The quantitative estimate of drug-likeness (QED) is 0.466. The normalized spacial score (nSPS) is 14.5. The molecule has 2 heterocycles. The van der Waals surface area contributed by atoms with Gasteiger partial charge in [0, 0.05) is 11.9 Å². The van der Waals surface area contributed by atoms with Gasteiger partial charge in [0.25, 0.3) is 11.8 Å². The molecule has 1 fully saturated rings. The van der Waals surface area contributed by atoms with Crippen LogP contribution in [0, 0.1) is 32.1 Å². The van der Waals surface area contributed by atoms with Gasteiger partial charge in [0.2, 0.25) is 0 Å². The zero-order valence-corrected chi connectivity index (χ0v) is 21.6. The van der Waals surface area contributed by atoms with Crippen molar-refractivity contribution in [2.75, 3.05) is 11.6 Å². The lowest BCUT2D eigenvalue weighted by atomic mass is 10.0. The summed E-state index contributed by atoms with van der Waals surface area (Å²) >= 11 is 0. The fourth-order valence-electron chi connectivity index (χ4n) is 3.97. The summed E-state index contributed by atoms with van der Waals surface area (Å²) in [6.07, 6.45) is -2.57. The highest BCUT2D eigenvalue weighted by Gasteiger charge is 2.47. The Bertz CT molecular complexity index is 1590. The van der Waals surface area contributed by atoms with E-state index in [9.17, 15) is 31.6 Å². The number of halogens is 3. The molecule has 1 aliphatic rings. The van der Waals surface area contributed by atoms with Crippen molar-refractivity contribution in [3.63, 3.8) is 0 Å². The molecule has 0 atom stereocenters. The number of nitriles is 1. The number of benzene rings is 1. The molecule has 2 aromatic heterocycles. The minimum Gasteiger partial charge on any atom is -0.435 e. The molecule has 1 aliphatic carbocycles. The average molecular weight is 546 g/mol. The summed E-state index contributed by atoms with van der Waals surface area (Å²) in [5.74, 6) is -1.34. The largest absolute Gasteiger partial charge is 0.435 e. The maximum Gasteiger partial charge on any atom is 0.435 e. The highest BCUT2D eigenvalue weighted by atomic mass is 32.2. The minimum absolute atomic E-state index is 0.0401. The monoisotopic (exact) mass is 545 g/mol. The molecule has 4 rings (SSSR count). The molecule has 198 valence electrons. The van der Waals surface area contributed by atoms with Gasteiger partial charge < -0.3 is 10.1 Å². The highest BCUT2D eigenvalue weighted by Crippen LogP contribution is 2.48. The van der Waals surface area contributed by atoms with Crippen LogP contribution in [-0.2, 0) is 21.4 Å². The topological polar surface area (TPSA) is 135 Å². The maximum absolute atomic E-state index is 13.6. The fourth-order valence-corrected chi connectivity index (χ4v) is 4.64. The van der Waals surface area contributed by atoms with E-state index in [1.807, 2.05) is 0 Å². The minimum atomic E-state index is -4.90. The summed E-state index contributed by atoms with van der Waals surface area (Å²) in [5, 5.41) is 18.7. The Morgan fingerprint density at radius 3 is 2.39 bits per heavy atom. The summed E-state index contributed by atoms with van der Waals surface area (Å²) in [7, 11) is -3.60. The number of aromatic nitrogens is 3. The van der Waals surface area contributed by atoms with Crippen molar-refractivity contribution in [2.24, 2.45) is 0 Å². The molecular formula is C25H22F3N5O4S. The lowest BCUT2D eigenvalue weighted by Crippen LogP contribution is -2.21. The zero-order valence-electron chi connectivity index (χ0n) is 20.8. The van der Waals surface area contributed by atoms with Crippen LogP contribution in [0.2, 0.25) is 0 Å². The Kier molecular flexibility index (Phi) is 6.65. The molecule has 3 aromatic rings. The number of ether oxygens (including phenoxy) is 1. The lowest BCUT2D eigenvalue weighted by Gasteiger charge is -2.18. The maximum atomic E-state index is 13.6. The van der Waals surface area contributed by atoms with Crippen LogP contribution >= 0.6 is 0 Å². The van der Waals surface area contributed by atoms with Crippen LogP contribution in [0.15, 0.2) is 35.2 Å². The van der Waals surface area contributed by atoms with Crippen molar-refractivity contribution in [3.05, 3.63) is 64.1 Å². The van der Waals surface area contributed by atoms with E-state index in [-0.39, 0.29) is 16.3 Å². The summed E-state index contributed by atoms with van der Waals surface area (Å²) < 4.78 is 70.4. The van der Waals surface area contributed by atoms with Crippen LogP contribution < -0.4 is 10.1 Å². The van der Waals surface area contributed by atoms with E-state index in [2.05, 4.69) is 26.6 Å². The molecule has 1 amide bonds. The fraction of sp³-hybridized carbons (Fsp3) is 0.320. The Balaban J connectivity index is 1.77.